The second-order valence-electron chi connectivity index (χ2n) is 3.56. The molecule has 1 heterocycles. The second kappa shape index (κ2) is 5.04. The Bertz CT molecular complexity index is 402. The number of Topliss-reactive ketones (excluding diaryl/α,β-unsaturated/α-hetero) is 1. The largest absolute Gasteiger partial charge is 0.464 e. The lowest BCUT2D eigenvalue weighted by molar-refractivity contribution is 0.0908. The van der Waals surface area contributed by atoms with Crippen molar-refractivity contribution in [2.24, 2.45) is 5.84 Å². The van der Waals surface area contributed by atoms with Gasteiger partial charge in [0.15, 0.2) is 5.01 Å². The number of hydrogen-bond acceptors (Lipinski definition) is 5. The summed E-state index contributed by atoms with van der Waals surface area (Å²) >= 11 is 1.27. The first kappa shape index (κ1) is 12.6. The molecule has 0 radical (unpaired) electrons. The van der Waals surface area contributed by atoms with Crippen LogP contribution in [0.4, 0.5) is 4.79 Å². The highest BCUT2D eigenvalue weighted by atomic mass is 32.1. The molecule has 0 spiro atoms. The fraction of sp³-hybridized carbons (Fsp3) is 0.444. The summed E-state index contributed by atoms with van der Waals surface area (Å²) in [5.74, 6) is 5.02. The molecule has 0 aromatic carbocycles. The predicted octanol–water partition coefficient (Wildman–Crippen LogP) is 1.30. The fourth-order valence-corrected chi connectivity index (χ4v) is 1.82. The van der Waals surface area contributed by atoms with Crippen molar-refractivity contribution in [3.8, 4) is 0 Å². The molecular weight excluding hydrogens is 230 g/mol. The minimum absolute atomic E-state index is 0.292. The average Bonchev–Trinajstić information content (AvgIpc) is 2.65. The van der Waals surface area contributed by atoms with Crippen molar-refractivity contribution in [3.63, 3.8) is 0 Å². The van der Waals surface area contributed by atoms with E-state index in [0.717, 1.165) is 4.88 Å². The van der Waals surface area contributed by atoms with Gasteiger partial charge in [-0.3, -0.25) is 4.79 Å². The molecule has 0 aliphatic carbocycles. The average molecular weight is 243 g/mol. The minimum Gasteiger partial charge on any atom is -0.464 e. The lowest BCUT2D eigenvalue weighted by atomic mass is 10.2. The molecule has 0 aliphatic heterocycles. The van der Waals surface area contributed by atoms with Crippen LogP contribution in [0.15, 0.2) is 6.20 Å². The first-order valence-corrected chi connectivity index (χ1v) is 5.47. The summed E-state index contributed by atoms with van der Waals surface area (Å²) in [6, 6.07) is 0. The number of hydrazine groups is 1. The van der Waals surface area contributed by atoms with Crippen molar-refractivity contribution in [2.45, 2.75) is 19.8 Å². The number of ketones is 1. The number of rotatable bonds is 4. The van der Waals surface area contributed by atoms with Gasteiger partial charge in [0.05, 0.1) is 0 Å². The molecule has 0 bridgehead atoms. The smallest absolute Gasteiger partial charge is 0.422 e. The van der Waals surface area contributed by atoms with Crippen LogP contribution in [-0.4, -0.2) is 33.5 Å². The minimum atomic E-state index is -1.34. The van der Waals surface area contributed by atoms with E-state index in [2.05, 4.69) is 4.98 Å². The Morgan fingerprint density at radius 1 is 1.62 bits per heavy atom. The third-order valence-electron chi connectivity index (χ3n) is 1.89. The van der Waals surface area contributed by atoms with Gasteiger partial charge in [0.2, 0.25) is 5.78 Å². The molecule has 7 heteroatoms. The molecule has 3 N–H and O–H groups in total. The number of amides is 1. The van der Waals surface area contributed by atoms with Gasteiger partial charge in [-0.2, -0.15) is 0 Å². The molecule has 0 unspecified atom stereocenters. The maximum atomic E-state index is 11.6. The van der Waals surface area contributed by atoms with Gasteiger partial charge in [-0.05, 0) is 5.92 Å². The molecule has 1 rings (SSSR count). The van der Waals surface area contributed by atoms with E-state index < -0.39 is 6.09 Å². The highest BCUT2D eigenvalue weighted by Crippen LogP contribution is 2.21. The van der Waals surface area contributed by atoms with Crippen LogP contribution in [0.2, 0.25) is 0 Å². The van der Waals surface area contributed by atoms with Crippen LogP contribution in [0.25, 0.3) is 0 Å². The van der Waals surface area contributed by atoms with Gasteiger partial charge in [0.1, 0.15) is 6.54 Å². The Balaban J connectivity index is 2.70. The Kier molecular flexibility index (Phi) is 3.97. The van der Waals surface area contributed by atoms with Crippen LogP contribution >= 0.6 is 11.3 Å². The van der Waals surface area contributed by atoms with Crippen LogP contribution < -0.4 is 5.84 Å². The summed E-state index contributed by atoms with van der Waals surface area (Å²) < 4.78 is 0. The first-order chi connectivity index (χ1) is 7.41. The summed E-state index contributed by atoms with van der Waals surface area (Å²) in [7, 11) is 0. The van der Waals surface area contributed by atoms with Crippen LogP contribution in [0, 0.1) is 0 Å². The van der Waals surface area contributed by atoms with Crippen LogP contribution in [0.3, 0.4) is 0 Å². The lowest BCUT2D eigenvalue weighted by Gasteiger charge is -2.09. The van der Waals surface area contributed by atoms with E-state index in [9.17, 15) is 9.59 Å². The third-order valence-corrected chi connectivity index (χ3v) is 3.23. The van der Waals surface area contributed by atoms with Gasteiger partial charge in [-0.1, -0.05) is 13.8 Å². The summed E-state index contributed by atoms with van der Waals surface area (Å²) in [4.78, 5) is 26.9. The van der Waals surface area contributed by atoms with E-state index in [4.69, 9.17) is 10.9 Å². The molecule has 0 saturated heterocycles. The molecule has 6 nitrogen and oxygen atoms in total. The Morgan fingerprint density at radius 2 is 2.25 bits per heavy atom. The zero-order valence-corrected chi connectivity index (χ0v) is 9.82. The number of hydrogen-bond donors (Lipinski definition) is 2. The molecule has 0 aliphatic rings. The van der Waals surface area contributed by atoms with E-state index in [1.54, 1.807) is 6.20 Å². The number of thiazole rings is 1. The standard InChI is InChI=1S/C9H13N3O3S/c1-5(2)7-3-11-8(16-7)6(13)4-12(10)9(14)15/h3,5H,4,10H2,1-2H3,(H,14,15). The van der Waals surface area contributed by atoms with Crippen LogP contribution in [0.5, 0.6) is 0 Å². The van der Waals surface area contributed by atoms with E-state index in [0.29, 0.717) is 15.9 Å². The monoisotopic (exact) mass is 243 g/mol. The predicted molar refractivity (Wildman–Crippen MR) is 59.5 cm³/mol. The van der Waals surface area contributed by atoms with Gasteiger partial charge in [-0.25, -0.2) is 20.6 Å². The second-order valence-corrected chi connectivity index (χ2v) is 4.62. The molecule has 1 aromatic heterocycles. The summed E-state index contributed by atoms with van der Waals surface area (Å²) in [5.41, 5.74) is 0. The summed E-state index contributed by atoms with van der Waals surface area (Å²) in [6.07, 6.45) is 0.290. The molecule has 88 valence electrons. The van der Waals surface area contributed by atoms with Gasteiger partial charge in [-0.15, -0.1) is 11.3 Å². The number of aromatic nitrogens is 1. The highest BCUT2D eigenvalue weighted by molar-refractivity contribution is 7.13. The van der Waals surface area contributed by atoms with E-state index in [1.807, 2.05) is 13.8 Å². The quantitative estimate of drug-likeness (QED) is 0.359. The van der Waals surface area contributed by atoms with E-state index in [-0.39, 0.29) is 12.3 Å². The summed E-state index contributed by atoms with van der Waals surface area (Å²) in [5, 5.41) is 9.24. The van der Waals surface area contributed by atoms with Crippen molar-refractivity contribution in [2.75, 3.05) is 6.54 Å². The van der Waals surface area contributed by atoms with E-state index >= 15 is 0 Å². The van der Waals surface area contributed by atoms with Gasteiger partial charge in [0, 0.05) is 11.1 Å². The van der Waals surface area contributed by atoms with E-state index in [1.165, 1.54) is 11.3 Å². The molecule has 16 heavy (non-hydrogen) atoms. The molecule has 1 amide bonds. The van der Waals surface area contributed by atoms with Crippen LogP contribution in [-0.2, 0) is 0 Å². The van der Waals surface area contributed by atoms with Crippen molar-refractivity contribution < 1.29 is 14.7 Å². The van der Waals surface area contributed by atoms with Gasteiger partial charge >= 0.3 is 6.09 Å². The van der Waals surface area contributed by atoms with Crippen molar-refractivity contribution in [1.29, 1.82) is 0 Å². The van der Waals surface area contributed by atoms with Gasteiger partial charge < -0.3 is 5.11 Å². The lowest BCUT2D eigenvalue weighted by Crippen LogP contribution is -2.40. The summed E-state index contributed by atoms with van der Waals surface area (Å²) in [6.45, 7) is 3.61. The molecule has 1 aromatic rings. The molecular formula is C9H13N3O3S. The first-order valence-electron chi connectivity index (χ1n) is 4.66. The highest BCUT2D eigenvalue weighted by Gasteiger charge is 2.17. The van der Waals surface area contributed by atoms with Crippen LogP contribution in [0.1, 0.15) is 34.4 Å². The molecule has 0 atom stereocenters. The normalized spacial score (nSPS) is 10.5. The number of carboxylic acid groups (broad SMARTS) is 1. The topological polar surface area (TPSA) is 96.5 Å². The molecule has 0 saturated carbocycles. The number of nitrogens with two attached hydrogens (primary N) is 1. The number of carbonyl (C=O) groups excluding carboxylic acids is 1. The fourth-order valence-electron chi connectivity index (χ4n) is 0.972. The Morgan fingerprint density at radius 3 is 2.69 bits per heavy atom. The zero-order chi connectivity index (χ0) is 12.3. The van der Waals surface area contributed by atoms with Crippen molar-refractivity contribution >= 4 is 23.2 Å². The number of carbonyl (C=O) groups is 2. The molecule has 0 fully saturated rings. The Hall–Kier alpha value is -1.47. The third kappa shape index (κ3) is 3.01. The SMILES string of the molecule is CC(C)c1cnc(C(=O)CN(N)C(=O)O)s1. The zero-order valence-electron chi connectivity index (χ0n) is 9.01. The van der Waals surface area contributed by atoms with Gasteiger partial charge in [0.25, 0.3) is 0 Å². The Labute approximate surface area is 96.7 Å². The maximum Gasteiger partial charge on any atom is 0.422 e. The van der Waals surface area contributed by atoms with Crippen molar-refractivity contribution in [3.05, 3.63) is 16.1 Å². The number of nitrogens with zero attached hydrogens (tertiary/aromatic N) is 2. The van der Waals surface area contributed by atoms with Crippen molar-refractivity contribution in [1.82, 2.24) is 9.99 Å². The maximum absolute atomic E-state index is 11.6.